The smallest absolute Gasteiger partial charge is 0.251 e. The molecule has 0 aliphatic rings. The topological polar surface area (TPSA) is 75.7 Å². The monoisotopic (exact) mass is 376 g/mol. The Morgan fingerprint density at radius 3 is 2.31 bits per heavy atom. The molecule has 6 nitrogen and oxygen atoms in total. The van der Waals surface area contributed by atoms with E-state index in [1.165, 1.54) is 4.31 Å². The lowest BCUT2D eigenvalue weighted by atomic mass is 10.1. The zero-order chi connectivity index (χ0) is 19.3. The third kappa shape index (κ3) is 4.54. The molecule has 2 aromatic rings. The van der Waals surface area contributed by atoms with Gasteiger partial charge in [0.25, 0.3) is 5.91 Å². The van der Waals surface area contributed by atoms with Crippen LogP contribution in [0.4, 0.5) is 5.69 Å². The van der Waals surface area contributed by atoms with E-state index in [-0.39, 0.29) is 11.9 Å². The fourth-order valence-electron chi connectivity index (χ4n) is 2.77. The van der Waals surface area contributed by atoms with E-state index in [9.17, 15) is 13.2 Å². The largest absolute Gasteiger partial charge is 0.496 e. The normalized spacial score (nSPS) is 12.3. The number of ether oxygens (including phenoxy) is 1. The number of methoxy groups -OCH3 is 1. The number of hydrogen-bond donors (Lipinski definition) is 1. The van der Waals surface area contributed by atoms with Crippen molar-refractivity contribution in [2.75, 3.05) is 24.2 Å². The Labute approximate surface area is 154 Å². The van der Waals surface area contributed by atoms with E-state index in [4.69, 9.17) is 4.74 Å². The molecule has 1 N–H and O–H groups in total. The van der Waals surface area contributed by atoms with Crippen LogP contribution in [0.1, 0.15) is 35.8 Å². The van der Waals surface area contributed by atoms with Crippen LogP contribution >= 0.6 is 0 Å². The number of nitrogens with zero attached hydrogens (tertiary/aromatic N) is 1. The molecule has 0 heterocycles. The van der Waals surface area contributed by atoms with Crippen LogP contribution in [0.25, 0.3) is 0 Å². The lowest BCUT2D eigenvalue weighted by Crippen LogP contribution is -2.30. The predicted molar refractivity (Wildman–Crippen MR) is 103 cm³/mol. The summed E-state index contributed by atoms with van der Waals surface area (Å²) in [4.78, 5) is 12.5. The van der Waals surface area contributed by atoms with Gasteiger partial charge in [-0.3, -0.25) is 9.10 Å². The molecule has 2 rings (SSSR count). The minimum atomic E-state index is -3.34. The molecular formula is C19H24N2O4S. The lowest BCUT2D eigenvalue weighted by molar-refractivity contribution is 0.0939. The molecule has 0 saturated carbocycles. The summed E-state index contributed by atoms with van der Waals surface area (Å²) in [6.07, 6.45) is 1.16. The molecule has 1 atom stereocenters. The Balaban J connectivity index is 2.15. The molecule has 2 aromatic carbocycles. The minimum absolute atomic E-state index is 0.235. The molecule has 0 aliphatic heterocycles. The molecule has 0 bridgehead atoms. The SMILES string of the molecule is CCN(c1ccc(C(=O)N[C@@H](C)c2ccccc2OC)cc1)S(C)(=O)=O. The molecule has 0 aliphatic carbocycles. The fraction of sp³-hybridized carbons (Fsp3) is 0.316. The maximum absolute atomic E-state index is 12.5. The second-order valence-corrected chi connectivity index (χ2v) is 7.82. The second kappa shape index (κ2) is 8.23. The number of para-hydroxylation sites is 1. The summed E-state index contributed by atoms with van der Waals surface area (Å²) in [7, 11) is -1.75. The number of anilines is 1. The summed E-state index contributed by atoms with van der Waals surface area (Å²) in [6.45, 7) is 3.97. The molecule has 0 unspecified atom stereocenters. The van der Waals surface area contributed by atoms with E-state index in [2.05, 4.69) is 5.32 Å². The van der Waals surface area contributed by atoms with Crippen molar-refractivity contribution in [3.05, 3.63) is 59.7 Å². The van der Waals surface area contributed by atoms with Crippen LogP contribution in [-0.2, 0) is 10.0 Å². The first-order valence-electron chi connectivity index (χ1n) is 8.29. The number of hydrogen-bond acceptors (Lipinski definition) is 4. The zero-order valence-electron chi connectivity index (χ0n) is 15.4. The van der Waals surface area contributed by atoms with Gasteiger partial charge in [-0.2, -0.15) is 0 Å². The van der Waals surface area contributed by atoms with E-state index in [1.807, 2.05) is 31.2 Å². The first-order valence-corrected chi connectivity index (χ1v) is 10.1. The Morgan fingerprint density at radius 1 is 1.15 bits per heavy atom. The molecule has 0 saturated heterocycles. The minimum Gasteiger partial charge on any atom is -0.496 e. The maximum atomic E-state index is 12.5. The van der Waals surface area contributed by atoms with Crippen molar-refractivity contribution in [3.63, 3.8) is 0 Å². The highest BCUT2D eigenvalue weighted by Crippen LogP contribution is 2.25. The zero-order valence-corrected chi connectivity index (χ0v) is 16.2. The number of sulfonamides is 1. The predicted octanol–water partition coefficient (Wildman–Crippen LogP) is 2.97. The molecule has 7 heteroatoms. The van der Waals surface area contributed by atoms with Gasteiger partial charge in [-0.1, -0.05) is 18.2 Å². The quantitative estimate of drug-likeness (QED) is 0.806. The van der Waals surface area contributed by atoms with Crippen LogP contribution < -0.4 is 14.4 Å². The Hall–Kier alpha value is -2.54. The summed E-state index contributed by atoms with van der Waals surface area (Å²) in [5.41, 5.74) is 1.87. The van der Waals surface area contributed by atoms with Gasteiger partial charge >= 0.3 is 0 Å². The van der Waals surface area contributed by atoms with Gasteiger partial charge in [-0.05, 0) is 44.2 Å². The third-order valence-corrected chi connectivity index (χ3v) is 5.33. The van der Waals surface area contributed by atoms with E-state index < -0.39 is 10.0 Å². The molecule has 1 amide bonds. The summed E-state index contributed by atoms with van der Waals surface area (Å²) in [6, 6.07) is 13.8. The van der Waals surface area contributed by atoms with Gasteiger partial charge in [0.2, 0.25) is 10.0 Å². The number of benzene rings is 2. The fourth-order valence-corrected chi connectivity index (χ4v) is 3.74. The standard InChI is InChI=1S/C19H24N2O4S/c1-5-21(26(4,23)24)16-12-10-15(11-13-16)19(22)20-14(2)17-8-6-7-9-18(17)25-3/h6-14H,5H2,1-4H3,(H,20,22)/t14-/m0/s1. The summed E-state index contributed by atoms with van der Waals surface area (Å²) < 4.78 is 30.2. The Kier molecular flexibility index (Phi) is 6.26. The number of nitrogens with one attached hydrogen (secondary N) is 1. The van der Waals surface area contributed by atoms with Crippen molar-refractivity contribution in [1.29, 1.82) is 0 Å². The number of rotatable bonds is 7. The molecule has 0 aromatic heterocycles. The van der Waals surface area contributed by atoms with Gasteiger partial charge in [0.1, 0.15) is 5.75 Å². The van der Waals surface area contributed by atoms with E-state index >= 15 is 0 Å². The van der Waals surface area contributed by atoms with Crippen molar-refractivity contribution in [3.8, 4) is 5.75 Å². The van der Waals surface area contributed by atoms with E-state index in [0.29, 0.717) is 23.5 Å². The first-order chi connectivity index (χ1) is 12.3. The summed E-state index contributed by atoms with van der Waals surface area (Å²) in [5, 5.41) is 2.93. The van der Waals surface area contributed by atoms with Crippen molar-refractivity contribution < 1.29 is 17.9 Å². The van der Waals surface area contributed by atoms with Gasteiger partial charge in [0, 0.05) is 17.7 Å². The van der Waals surface area contributed by atoms with Crippen molar-refractivity contribution in [2.45, 2.75) is 19.9 Å². The Morgan fingerprint density at radius 2 is 1.77 bits per heavy atom. The molecule has 26 heavy (non-hydrogen) atoms. The van der Waals surface area contributed by atoms with Gasteiger partial charge in [0.05, 0.1) is 25.1 Å². The molecule has 140 valence electrons. The van der Waals surface area contributed by atoms with Gasteiger partial charge < -0.3 is 10.1 Å². The highest BCUT2D eigenvalue weighted by Gasteiger charge is 2.17. The average molecular weight is 376 g/mol. The Bertz CT molecular complexity index is 863. The summed E-state index contributed by atoms with van der Waals surface area (Å²) in [5.74, 6) is 0.472. The van der Waals surface area contributed by atoms with Crippen molar-refractivity contribution in [2.24, 2.45) is 0 Å². The van der Waals surface area contributed by atoms with Crippen LogP contribution in [0.15, 0.2) is 48.5 Å². The van der Waals surface area contributed by atoms with Crippen LogP contribution in [-0.4, -0.2) is 34.2 Å². The first kappa shape index (κ1) is 19.8. The second-order valence-electron chi connectivity index (χ2n) is 5.91. The third-order valence-electron chi connectivity index (χ3n) is 4.06. The number of carbonyl (C=O) groups excluding carboxylic acids is 1. The number of amides is 1. The lowest BCUT2D eigenvalue weighted by Gasteiger charge is -2.21. The van der Waals surface area contributed by atoms with Crippen molar-refractivity contribution in [1.82, 2.24) is 5.32 Å². The van der Waals surface area contributed by atoms with Crippen LogP contribution in [0.2, 0.25) is 0 Å². The van der Waals surface area contributed by atoms with Gasteiger partial charge in [-0.15, -0.1) is 0 Å². The van der Waals surface area contributed by atoms with E-state index in [1.54, 1.807) is 38.3 Å². The van der Waals surface area contributed by atoms with Gasteiger partial charge in [0.15, 0.2) is 0 Å². The van der Waals surface area contributed by atoms with Crippen LogP contribution in [0.3, 0.4) is 0 Å². The average Bonchev–Trinajstić information content (AvgIpc) is 2.61. The van der Waals surface area contributed by atoms with E-state index in [0.717, 1.165) is 11.8 Å². The van der Waals surface area contributed by atoms with Crippen molar-refractivity contribution >= 4 is 21.6 Å². The molecule has 0 radical (unpaired) electrons. The summed E-state index contributed by atoms with van der Waals surface area (Å²) >= 11 is 0. The highest BCUT2D eigenvalue weighted by molar-refractivity contribution is 7.92. The van der Waals surface area contributed by atoms with Crippen LogP contribution in [0, 0.1) is 0 Å². The molecule has 0 fully saturated rings. The highest BCUT2D eigenvalue weighted by atomic mass is 32.2. The number of carbonyl (C=O) groups is 1. The molecule has 0 spiro atoms. The molecular weight excluding hydrogens is 352 g/mol. The maximum Gasteiger partial charge on any atom is 0.251 e. The van der Waals surface area contributed by atoms with Crippen LogP contribution in [0.5, 0.6) is 5.75 Å². The van der Waals surface area contributed by atoms with Gasteiger partial charge in [-0.25, -0.2) is 8.42 Å².